The summed E-state index contributed by atoms with van der Waals surface area (Å²) in [4.78, 5) is 0.564. The van der Waals surface area contributed by atoms with Crippen molar-refractivity contribution in [2.75, 3.05) is 20.3 Å². The number of hydrogen-bond acceptors (Lipinski definition) is 4. The van der Waals surface area contributed by atoms with Crippen LogP contribution in [0.15, 0.2) is 27.6 Å². The van der Waals surface area contributed by atoms with Crippen LogP contribution in [0.5, 0.6) is 5.75 Å². The van der Waals surface area contributed by atoms with E-state index in [1.54, 1.807) is 18.2 Å². The van der Waals surface area contributed by atoms with Gasteiger partial charge in [0.05, 0.1) is 31.6 Å². The van der Waals surface area contributed by atoms with E-state index in [0.717, 1.165) is 4.47 Å². The summed E-state index contributed by atoms with van der Waals surface area (Å²) in [5, 5.41) is 8.60. The molecule has 4 nitrogen and oxygen atoms in total. The third-order valence-corrected chi connectivity index (χ3v) is 3.37. The lowest BCUT2D eigenvalue weighted by molar-refractivity contribution is 0.301. The first kappa shape index (κ1) is 12.8. The number of methoxy groups -OCH3 is 1. The van der Waals surface area contributed by atoms with Crippen molar-refractivity contribution in [1.29, 1.82) is 0 Å². The van der Waals surface area contributed by atoms with Crippen LogP contribution in [0.4, 0.5) is 0 Å². The maximum atomic E-state index is 11.7. The quantitative estimate of drug-likeness (QED) is 0.797. The Balaban J connectivity index is 2.82. The Hall–Kier alpha value is -0.270. The largest absolute Gasteiger partial charge is 0.593 e. The van der Waals surface area contributed by atoms with Gasteiger partial charge in [0.15, 0.2) is 5.75 Å². The van der Waals surface area contributed by atoms with Crippen LogP contribution in [-0.2, 0) is 11.4 Å². The van der Waals surface area contributed by atoms with E-state index in [1.807, 2.05) is 0 Å². The van der Waals surface area contributed by atoms with E-state index in [0.29, 0.717) is 10.6 Å². The molecule has 0 aliphatic carbocycles. The lowest BCUT2D eigenvalue weighted by Gasteiger charge is -2.12. The van der Waals surface area contributed by atoms with E-state index >= 15 is 0 Å². The van der Waals surface area contributed by atoms with E-state index in [9.17, 15) is 4.55 Å². The number of rotatable bonds is 5. The zero-order valence-electron chi connectivity index (χ0n) is 8.20. The van der Waals surface area contributed by atoms with Gasteiger partial charge in [-0.25, -0.2) is 0 Å². The first-order valence-electron chi connectivity index (χ1n) is 4.28. The Morgan fingerprint density at radius 3 is 2.93 bits per heavy atom. The van der Waals surface area contributed by atoms with E-state index < -0.39 is 11.4 Å². The fraction of sp³-hybridized carbons (Fsp3) is 0.333. The van der Waals surface area contributed by atoms with Gasteiger partial charge < -0.3 is 14.4 Å². The van der Waals surface area contributed by atoms with Gasteiger partial charge in [0.25, 0.3) is 0 Å². The third kappa shape index (κ3) is 3.66. The minimum Gasteiger partial charge on any atom is -0.593 e. The van der Waals surface area contributed by atoms with Crippen LogP contribution < -0.4 is 9.46 Å². The number of aliphatic hydroxyl groups is 1. The number of nitrogens with one attached hydrogen (secondary N) is 1. The highest BCUT2D eigenvalue weighted by Gasteiger charge is 2.17. The molecule has 84 valence electrons. The summed E-state index contributed by atoms with van der Waals surface area (Å²) < 4.78 is 20.3. The lowest BCUT2D eigenvalue weighted by Crippen LogP contribution is -2.27. The molecule has 0 aliphatic heterocycles. The van der Waals surface area contributed by atoms with Crippen molar-refractivity contribution < 1.29 is 14.4 Å². The Morgan fingerprint density at radius 1 is 1.60 bits per heavy atom. The molecule has 1 aromatic rings. The number of hydrogen-bond donors (Lipinski definition) is 2. The first-order valence-corrected chi connectivity index (χ1v) is 6.23. The molecule has 1 atom stereocenters. The summed E-state index contributed by atoms with van der Waals surface area (Å²) in [5.74, 6) is 0.549. The normalized spacial score (nSPS) is 12.5. The Morgan fingerprint density at radius 2 is 2.33 bits per heavy atom. The molecule has 0 aliphatic rings. The zero-order valence-corrected chi connectivity index (χ0v) is 10.6. The SMILES string of the molecule is COc1cc(Br)ccc1[S+]([O-])NCCO. The Bertz CT molecular complexity index is 324. The van der Waals surface area contributed by atoms with Crippen molar-refractivity contribution in [3.8, 4) is 5.75 Å². The molecule has 0 spiro atoms. The molecule has 1 rings (SSSR count). The molecule has 0 fully saturated rings. The standard InChI is InChI=1S/C9H12BrNO3S/c1-14-8-6-7(10)2-3-9(8)15(13)11-4-5-12/h2-3,6,11-12H,4-5H2,1H3. The molecular formula is C9H12BrNO3S. The number of benzene rings is 1. The van der Waals surface area contributed by atoms with Crippen LogP contribution in [0.2, 0.25) is 0 Å². The molecule has 0 saturated heterocycles. The van der Waals surface area contributed by atoms with E-state index in [4.69, 9.17) is 9.84 Å². The average Bonchev–Trinajstić information content (AvgIpc) is 2.25. The van der Waals surface area contributed by atoms with E-state index in [2.05, 4.69) is 20.7 Å². The van der Waals surface area contributed by atoms with E-state index in [1.165, 1.54) is 7.11 Å². The van der Waals surface area contributed by atoms with Crippen LogP contribution in [0.3, 0.4) is 0 Å². The van der Waals surface area contributed by atoms with Gasteiger partial charge in [0.1, 0.15) is 0 Å². The minimum absolute atomic E-state index is 0.0510. The average molecular weight is 294 g/mol. The summed E-state index contributed by atoms with van der Waals surface area (Å²) in [6, 6.07) is 5.24. The third-order valence-electron chi connectivity index (χ3n) is 1.67. The van der Waals surface area contributed by atoms with Crippen molar-refractivity contribution >= 4 is 27.3 Å². The predicted molar refractivity (Wildman–Crippen MR) is 62.2 cm³/mol. The number of aliphatic hydroxyl groups excluding tert-OH is 1. The summed E-state index contributed by atoms with van der Waals surface area (Å²) >= 11 is 1.94. The zero-order chi connectivity index (χ0) is 11.3. The Labute approximate surface area is 100 Å². The number of halogens is 1. The van der Waals surface area contributed by atoms with Gasteiger partial charge in [-0.3, -0.25) is 0 Å². The molecule has 0 heterocycles. The summed E-state index contributed by atoms with van der Waals surface area (Å²) in [6.07, 6.45) is 0. The molecule has 0 amide bonds. The van der Waals surface area contributed by atoms with Crippen LogP contribution in [0, 0.1) is 0 Å². The highest BCUT2D eigenvalue weighted by Crippen LogP contribution is 2.26. The second-order valence-corrected chi connectivity index (χ2v) is 4.86. The lowest BCUT2D eigenvalue weighted by atomic mass is 10.3. The van der Waals surface area contributed by atoms with Crippen LogP contribution in [0.25, 0.3) is 0 Å². The van der Waals surface area contributed by atoms with Gasteiger partial charge in [-0.1, -0.05) is 15.9 Å². The molecule has 0 radical (unpaired) electrons. The van der Waals surface area contributed by atoms with Crippen LogP contribution in [-0.4, -0.2) is 29.9 Å². The van der Waals surface area contributed by atoms with Crippen molar-refractivity contribution in [1.82, 2.24) is 4.72 Å². The number of ether oxygens (including phenoxy) is 1. The Kier molecular flexibility index (Phi) is 5.41. The monoisotopic (exact) mass is 293 g/mol. The van der Waals surface area contributed by atoms with E-state index in [-0.39, 0.29) is 13.2 Å². The van der Waals surface area contributed by atoms with Gasteiger partial charge in [0, 0.05) is 10.5 Å². The maximum Gasteiger partial charge on any atom is 0.215 e. The highest BCUT2D eigenvalue weighted by atomic mass is 79.9. The molecule has 1 aromatic carbocycles. The molecule has 0 aromatic heterocycles. The fourth-order valence-corrected chi connectivity index (χ4v) is 2.30. The maximum absolute atomic E-state index is 11.7. The van der Waals surface area contributed by atoms with Gasteiger partial charge in [0.2, 0.25) is 4.90 Å². The second kappa shape index (κ2) is 6.34. The van der Waals surface area contributed by atoms with Crippen molar-refractivity contribution in [3.63, 3.8) is 0 Å². The summed E-state index contributed by atoms with van der Waals surface area (Å²) in [5.41, 5.74) is 0. The van der Waals surface area contributed by atoms with Crippen molar-refractivity contribution in [2.24, 2.45) is 0 Å². The minimum atomic E-state index is -1.36. The van der Waals surface area contributed by atoms with Crippen molar-refractivity contribution in [3.05, 3.63) is 22.7 Å². The smallest absolute Gasteiger partial charge is 0.215 e. The summed E-state index contributed by atoms with van der Waals surface area (Å²) in [6.45, 7) is 0.233. The fourth-order valence-electron chi connectivity index (χ4n) is 1.01. The van der Waals surface area contributed by atoms with Crippen LogP contribution in [0.1, 0.15) is 0 Å². The summed E-state index contributed by atoms with van der Waals surface area (Å²) in [7, 11) is 1.52. The molecular weight excluding hydrogens is 282 g/mol. The first-order chi connectivity index (χ1) is 7.19. The predicted octanol–water partition coefficient (Wildman–Crippen LogP) is 1.06. The van der Waals surface area contributed by atoms with Gasteiger partial charge >= 0.3 is 0 Å². The van der Waals surface area contributed by atoms with Crippen molar-refractivity contribution in [2.45, 2.75) is 4.90 Å². The second-order valence-electron chi connectivity index (χ2n) is 2.68. The molecule has 6 heteroatoms. The van der Waals surface area contributed by atoms with Gasteiger partial charge in [-0.2, -0.15) is 0 Å². The molecule has 2 N–H and O–H groups in total. The van der Waals surface area contributed by atoms with Gasteiger partial charge in [-0.05, 0) is 12.1 Å². The molecule has 1 unspecified atom stereocenters. The van der Waals surface area contributed by atoms with Gasteiger partial charge in [-0.15, -0.1) is 4.72 Å². The highest BCUT2D eigenvalue weighted by molar-refractivity contribution is 9.10. The van der Waals surface area contributed by atoms with Crippen LogP contribution >= 0.6 is 15.9 Å². The molecule has 0 bridgehead atoms. The molecule has 15 heavy (non-hydrogen) atoms. The molecule has 0 saturated carbocycles. The topological polar surface area (TPSA) is 64.5 Å².